The summed E-state index contributed by atoms with van der Waals surface area (Å²) in [5, 5.41) is 2.80. The summed E-state index contributed by atoms with van der Waals surface area (Å²) in [5.41, 5.74) is 8.95. The van der Waals surface area contributed by atoms with Crippen LogP contribution in [0.3, 0.4) is 0 Å². The van der Waals surface area contributed by atoms with Gasteiger partial charge in [0.25, 0.3) is 0 Å². The van der Waals surface area contributed by atoms with Crippen molar-refractivity contribution in [2.45, 2.75) is 39.5 Å². The van der Waals surface area contributed by atoms with Gasteiger partial charge in [0, 0.05) is 13.3 Å². The molecule has 0 aliphatic heterocycles. The van der Waals surface area contributed by atoms with E-state index in [9.17, 15) is 14.4 Å². The van der Waals surface area contributed by atoms with Crippen LogP contribution >= 0.6 is 11.6 Å². The number of ether oxygens (including phenoxy) is 3. The third-order valence-corrected chi connectivity index (χ3v) is 4.95. The molecule has 31 heavy (non-hydrogen) atoms. The second-order valence-corrected chi connectivity index (χ2v) is 7.21. The molecule has 0 spiro atoms. The summed E-state index contributed by atoms with van der Waals surface area (Å²) in [5.74, 6) is -1.13. The van der Waals surface area contributed by atoms with Gasteiger partial charge in [0.2, 0.25) is 0 Å². The topological polar surface area (TPSA) is 117 Å². The smallest absolute Gasteiger partial charge is 0.408 e. The lowest BCUT2D eigenvalue weighted by Gasteiger charge is -2.20. The maximum atomic E-state index is 12.3. The van der Waals surface area contributed by atoms with E-state index in [0.29, 0.717) is 22.4 Å². The fourth-order valence-electron chi connectivity index (χ4n) is 2.92. The lowest BCUT2D eigenvalue weighted by atomic mass is 9.95. The Morgan fingerprint density at radius 1 is 1.13 bits per heavy atom. The number of carbonyl (C=O) groups excluding carboxylic acids is 3. The van der Waals surface area contributed by atoms with Crippen LogP contribution in [0.1, 0.15) is 29.2 Å². The second kappa shape index (κ2) is 11.2. The van der Waals surface area contributed by atoms with E-state index in [1.54, 1.807) is 13.0 Å². The minimum absolute atomic E-state index is 0.0323. The third kappa shape index (κ3) is 6.89. The average Bonchev–Trinajstić information content (AvgIpc) is 2.75. The van der Waals surface area contributed by atoms with Gasteiger partial charge in [-0.1, -0.05) is 41.9 Å². The Morgan fingerprint density at radius 2 is 1.81 bits per heavy atom. The van der Waals surface area contributed by atoms with Crippen molar-refractivity contribution in [3.05, 3.63) is 63.7 Å². The predicted octanol–water partition coefficient (Wildman–Crippen LogP) is 3.30. The van der Waals surface area contributed by atoms with Gasteiger partial charge >= 0.3 is 18.0 Å². The van der Waals surface area contributed by atoms with Gasteiger partial charge < -0.3 is 25.3 Å². The van der Waals surface area contributed by atoms with Crippen molar-refractivity contribution in [1.29, 1.82) is 0 Å². The Labute approximate surface area is 185 Å². The number of nitrogens with one attached hydrogen (secondary N) is 1. The molecule has 2 aromatic carbocycles. The summed E-state index contributed by atoms with van der Waals surface area (Å²) in [7, 11) is 1.22. The molecule has 2 aromatic rings. The number of hydrogen-bond acceptors (Lipinski definition) is 7. The summed E-state index contributed by atoms with van der Waals surface area (Å²) in [6, 6.07) is 9.65. The van der Waals surface area contributed by atoms with Gasteiger partial charge in [-0.2, -0.15) is 0 Å². The maximum Gasteiger partial charge on any atom is 0.408 e. The van der Waals surface area contributed by atoms with Crippen molar-refractivity contribution < 1.29 is 28.6 Å². The Kier molecular flexibility index (Phi) is 8.69. The highest BCUT2D eigenvalue weighted by atomic mass is 35.5. The molecule has 0 radical (unpaired) electrons. The van der Waals surface area contributed by atoms with E-state index in [2.05, 4.69) is 5.32 Å². The Hall–Kier alpha value is -3.26. The number of halogens is 1. The zero-order valence-electron chi connectivity index (χ0n) is 17.6. The minimum Gasteiger partial charge on any atom is -0.467 e. The Bertz CT molecular complexity index is 949. The first-order valence-corrected chi connectivity index (χ1v) is 9.85. The molecular weight excluding hydrogens is 424 g/mol. The van der Waals surface area contributed by atoms with Crippen LogP contribution in [0.5, 0.6) is 0 Å². The van der Waals surface area contributed by atoms with E-state index in [4.69, 9.17) is 31.5 Å². The zero-order chi connectivity index (χ0) is 23.0. The number of nitrogens with two attached hydrogens (primary N) is 1. The van der Waals surface area contributed by atoms with Crippen molar-refractivity contribution in [2.75, 3.05) is 12.8 Å². The van der Waals surface area contributed by atoms with Gasteiger partial charge in [0.15, 0.2) is 0 Å². The number of amides is 1. The molecule has 0 saturated heterocycles. The number of methoxy groups -OCH3 is 1. The Morgan fingerprint density at radius 3 is 2.42 bits per heavy atom. The van der Waals surface area contributed by atoms with Crippen LogP contribution in [0.15, 0.2) is 36.4 Å². The molecule has 166 valence electrons. The lowest BCUT2D eigenvalue weighted by Crippen LogP contribution is -2.43. The summed E-state index contributed by atoms with van der Waals surface area (Å²) >= 11 is 6.21. The number of esters is 2. The van der Waals surface area contributed by atoms with E-state index in [-0.39, 0.29) is 24.7 Å². The average molecular weight is 449 g/mol. The Balaban J connectivity index is 2.20. The highest BCUT2D eigenvalue weighted by molar-refractivity contribution is 6.33. The van der Waals surface area contributed by atoms with Crippen molar-refractivity contribution >= 4 is 35.3 Å². The number of alkyl carbamates (subject to hydrolysis) is 1. The SMILES string of the molecule is COC(=O)[C@@H](Cc1cc(Cl)c(N)c(C)c1COC(C)=O)NC(=O)OCc1ccccc1. The van der Waals surface area contributed by atoms with E-state index in [1.165, 1.54) is 14.0 Å². The first-order valence-electron chi connectivity index (χ1n) is 9.47. The third-order valence-electron chi connectivity index (χ3n) is 4.64. The monoisotopic (exact) mass is 448 g/mol. The van der Waals surface area contributed by atoms with Gasteiger partial charge in [0.1, 0.15) is 19.3 Å². The molecule has 0 aromatic heterocycles. The summed E-state index contributed by atoms with van der Waals surface area (Å²) in [6.45, 7) is 3.02. The van der Waals surface area contributed by atoms with Crippen LogP contribution < -0.4 is 11.1 Å². The molecule has 1 amide bonds. The zero-order valence-corrected chi connectivity index (χ0v) is 18.3. The highest BCUT2D eigenvalue weighted by Gasteiger charge is 2.25. The number of nitrogen functional groups attached to an aromatic ring is 1. The number of anilines is 1. The van der Waals surface area contributed by atoms with E-state index in [0.717, 1.165) is 5.56 Å². The lowest BCUT2D eigenvalue weighted by molar-refractivity contribution is -0.143. The van der Waals surface area contributed by atoms with Crippen LogP contribution in [-0.4, -0.2) is 31.2 Å². The molecule has 8 nitrogen and oxygen atoms in total. The number of benzene rings is 2. The molecule has 9 heteroatoms. The molecular formula is C22H25ClN2O6. The second-order valence-electron chi connectivity index (χ2n) is 6.80. The van der Waals surface area contributed by atoms with Gasteiger partial charge in [-0.05, 0) is 35.2 Å². The van der Waals surface area contributed by atoms with Crippen molar-refractivity contribution in [1.82, 2.24) is 5.32 Å². The molecule has 3 N–H and O–H groups in total. The summed E-state index contributed by atoms with van der Waals surface area (Å²) in [6.07, 6.45) is -0.746. The molecule has 1 atom stereocenters. The van der Waals surface area contributed by atoms with Crippen LogP contribution in [0, 0.1) is 6.92 Å². The van der Waals surface area contributed by atoms with Gasteiger partial charge in [0.05, 0.1) is 17.8 Å². The minimum atomic E-state index is -1.05. The van der Waals surface area contributed by atoms with Crippen LogP contribution in [0.4, 0.5) is 10.5 Å². The first kappa shape index (κ1) is 24.0. The van der Waals surface area contributed by atoms with Crippen LogP contribution in [0.2, 0.25) is 5.02 Å². The fraction of sp³-hybridized carbons (Fsp3) is 0.318. The van der Waals surface area contributed by atoms with E-state index >= 15 is 0 Å². The van der Waals surface area contributed by atoms with Crippen molar-refractivity contribution in [2.24, 2.45) is 0 Å². The summed E-state index contributed by atoms with van der Waals surface area (Å²) in [4.78, 5) is 35.8. The molecule has 0 unspecified atom stereocenters. The molecule has 0 aliphatic carbocycles. The van der Waals surface area contributed by atoms with Crippen molar-refractivity contribution in [3.63, 3.8) is 0 Å². The normalized spacial score (nSPS) is 11.4. The van der Waals surface area contributed by atoms with Gasteiger partial charge in [-0.15, -0.1) is 0 Å². The van der Waals surface area contributed by atoms with E-state index < -0.39 is 24.1 Å². The first-order chi connectivity index (χ1) is 14.7. The van der Waals surface area contributed by atoms with Crippen LogP contribution in [0.25, 0.3) is 0 Å². The molecule has 0 aliphatic rings. The largest absolute Gasteiger partial charge is 0.467 e. The maximum absolute atomic E-state index is 12.3. The molecule has 0 saturated carbocycles. The van der Waals surface area contributed by atoms with Gasteiger partial charge in [-0.3, -0.25) is 4.79 Å². The molecule has 0 bridgehead atoms. The summed E-state index contributed by atoms with van der Waals surface area (Å²) < 4.78 is 15.1. The van der Waals surface area contributed by atoms with Crippen molar-refractivity contribution in [3.8, 4) is 0 Å². The van der Waals surface area contributed by atoms with Gasteiger partial charge in [-0.25, -0.2) is 9.59 Å². The molecule has 0 fully saturated rings. The fourth-order valence-corrected chi connectivity index (χ4v) is 3.19. The van der Waals surface area contributed by atoms with Crippen LogP contribution in [-0.2, 0) is 43.4 Å². The van der Waals surface area contributed by atoms with E-state index in [1.807, 2.05) is 30.3 Å². The number of carbonyl (C=O) groups is 3. The highest BCUT2D eigenvalue weighted by Crippen LogP contribution is 2.30. The predicted molar refractivity (Wildman–Crippen MR) is 115 cm³/mol. The molecule has 0 heterocycles. The standard InChI is InChI=1S/C22H25ClN2O6/c1-13-17(12-30-14(2)26)16(9-18(23)20(13)24)10-19(21(27)29-3)25-22(28)31-11-15-7-5-4-6-8-15/h4-9,19H,10-12,24H2,1-3H3,(H,25,28)/t19-/m1/s1. The number of rotatable bonds is 8. The number of hydrogen-bond donors (Lipinski definition) is 2. The molecule has 2 rings (SSSR count). The quantitative estimate of drug-likeness (QED) is 0.361.